The van der Waals surface area contributed by atoms with Gasteiger partial charge in [-0.15, -0.1) is 0 Å². The van der Waals surface area contributed by atoms with Gasteiger partial charge in [0.1, 0.15) is 5.60 Å². The molecule has 2 atom stereocenters. The maximum Gasteiger partial charge on any atom is 0.410 e. The second kappa shape index (κ2) is 8.81. The number of carbonyl (C=O) groups excluding carboxylic acids is 2. The predicted octanol–water partition coefficient (Wildman–Crippen LogP) is 4.00. The summed E-state index contributed by atoms with van der Waals surface area (Å²) in [4.78, 5) is 38.1. The van der Waals surface area contributed by atoms with Crippen LogP contribution < -0.4 is 0 Å². The average Bonchev–Trinajstić information content (AvgIpc) is 2.72. The molecule has 1 aliphatic heterocycles. The third-order valence-corrected chi connectivity index (χ3v) is 5.31. The monoisotopic (exact) mass is 410 g/mol. The zero-order valence-corrected chi connectivity index (χ0v) is 18.3. The first kappa shape index (κ1) is 21.7. The van der Waals surface area contributed by atoms with E-state index in [0.717, 1.165) is 12.8 Å². The van der Waals surface area contributed by atoms with Crippen molar-refractivity contribution in [3.63, 3.8) is 0 Å². The van der Waals surface area contributed by atoms with Gasteiger partial charge >= 0.3 is 6.09 Å². The number of hydrogen-bond donors (Lipinski definition) is 0. The van der Waals surface area contributed by atoms with Crippen LogP contribution in [-0.2, 0) is 4.74 Å². The Morgan fingerprint density at radius 2 is 1.77 bits per heavy atom. The van der Waals surface area contributed by atoms with Gasteiger partial charge in [0.05, 0.1) is 11.6 Å². The van der Waals surface area contributed by atoms with Gasteiger partial charge in [0, 0.05) is 37.6 Å². The average molecular weight is 411 g/mol. The molecule has 1 fully saturated rings. The Morgan fingerprint density at radius 3 is 2.43 bits per heavy atom. The number of hydrogen-bond acceptors (Lipinski definition) is 5. The van der Waals surface area contributed by atoms with Gasteiger partial charge in [-0.3, -0.25) is 4.79 Å². The number of nitrogens with zero attached hydrogens (tertiary/aromatic N) is 4. The smallest absolute Gasteiger partial charge is 0.410 e. The van der Waals surface area contributed by atoms with Gasteiger partial charge in [-0.25, -0.2) is 14.8 Å². The molecular formula is C23H30N4O3. The van der Waals surface area contributed by atoms with Gasteiger partial charge < -0.3 is 14.5 Å². The van der Waals surface area contributed by atoms with Gasteiger partial charge in [-0.2, -0.15) is 0 Å². The van der Waals surface area contributed by atoms with Crippen LogP contribution in [0.15, 0.2) is 42.7 Å². The number of likely N-dealkylation sites (N-methyl/N-ethyl adjacent to an activating group) is 1. The summed E-state index contributed by atoms with van der Waals surface area (Å²) in [6.45, 7) is 8.04. The second-order valence-electron chi connectivity index (χ2n) is 8.75. The number of piperidine rings is 1. The molecule has 0 saturated carbocycles. The lowest BCUT2D eigenvalue weighted by atomic mass is 9.96. The summed E-state index contributed by atoms with van der Waals surface area (Å²) in [7, 11) is 1.74. The fourth-order valence-electron chi connectivity index (χ4n) is 3.63. The molecule has 0 spiro atoms. The molecule has 1 aromatic heterocycles. The van der Waals surface area contributed by atoms with Crippen molar-refractivity contribution in [3.05, 3.63) is 48.3 Å². The topological polar surface area (TPSA) is 75.6 Å². The molecule has 2 amide bonds. The third-order valence-electron chi connectivity index (χ3n) is 5.31. The molecule has 1 aliphatic rings. The first-order chi connectivity index (χ1) is 14.2. The van der Waals surface area contributed by atoms with E-state index < -0.39 is 5.60 Å². The predicted molar refractivity (Wildman–Crippen MR) is 115 cm³/mol. The van der Waals surface area contributed by atoms with Crippen molar-refractivity contribution in [1.82, 2.24) is 19.8 Å². The van der Waals surface area contributed by atoms with Crippen LogP contribution in [0, 0.1) is 0 Å². The number of aromatic nitrogens is 2. The first-order valence-corrected chi connectivity index (χ1v) is 10.3. The van der Waals surface area contributed by atoms with Crippen LogP contribution in [0.5, 0.6) is 0 Å². The van der Waals surface area contributed by atoms with Gasteiger partial charge in [0.2, 0.25) is 0 Å². The van der Waals surface area contributed by atoms with E-state index in [0.29, 0.717) is 23.5 Å². The third kappa shape index (κ3) is 4.96. The highest BCUT2D eigenvalue weighted by atomic mass is 16.6. The Hall–Kier alpha value is -2.96. The van der Waals surface area contributed by atoms with Crippen LogP contribution >= 0.6 is 0 Å². The van der Waals surface area contributed by atoms with E-state index >= 15 is 0 Å². The summed E-state index contributed by atoms with van der Waals surface area (Å²) in [5.41, 5.74) is 0.714. The van der Waals surface area contributed by atoms with Crippen molar-refractivity contribution in [2.24, 2.45) is 0 Å². The summed E-state index contributed by atoms with van der Waals surface area (Å²) < 4.78 is 5.50. The molecule has 2 aromatic rings. The Kier molecular flexibility index (Phi) is 6.39. The molecule has 30 heavy (non-hydrogen) atoms. The number of ether oxygens (including phenoxy) is 1. The van der Waals surface area contributed by atoms with E-state index in [1.807, 2.05) is 56.9 Å². The van der Waals surface area contributed by atoms with Crippen LogP contribution in [0.3, 0.4) is 0 Å². The standard InChI is InChI=1S/C23H30N4O3/c1-16-11-12-17(26(5)22(29)30-23(2,3)4)15-27(16)21(28)19-10-7-6-9-18(19)20-24-13-8-14-25-20/h6-10,13-14,16-17H,11-12,15H2,1-5H3. The van der Waals surface area contributed by atoms with Crippen LogP contribution in [0.1, 0.15) is 50.9 Å². The Morgan fingerprint density at radius 1 is 1.10 bits per heavy atom. The van der Waals surface area contributed by atoms with Crippen molar-refractivity contribution < 1.29 is 14.3 Å². The molecular weight excluding hydrogens is 380 g/mol. The van der Waals surface area contributed by atoms with Crippen molar-refractivity contribution in [2.75, 3.05) is 13.6 Å². The van der Waals surface area contributed by atoms with E-state index in [1.165, 1.54) is 0 Å². The fourth-order valence-corrected chi connectivity index (χ4v) is 3.63. The maximum absolute atomic E-state index is 13.5. The number of carbonyl (C=O) groups is 2. The van der Waals surface area contributed by atoms with Crippen LogP contribution in [0.25, 0.3) is 11.4 Å². The second-order valence-corrected chi connectivity index (χ2v) is 8.75. The van der Waals surface area contributed by atoms with Crippen molar-refractivity contribution >= 4 is 12.0 Å². The van der Waals surface area contributed by atoms with Gasteiger partial charge in [0.25, 0.3) is 5.91 Å². The number of benzene rings is 1. The Balaban J connectivity index is 1.82. The minimum atomic E-state index is -0.558. The minimum absolute atomic E-state index is 0.0746. The van der Waals surface area contributed by atoms with Crippen LogP contribution in [-0.4, -0.2) is 63.0 Å². The Bertz CT molecular complexity index is 895. The van der Waals surface area contributed by atoms with E-state index in [2.05, 4.69) is 9.97 Å². The number of amides is 2. The Labute approximate surface area is 178 Å². The lowest BCUT2D eigenvalue weighted by Gasteiger charge is -2.41. The van der Waals surface area contributed by atoms with Crippen molar-refractivity contribution in [3.8, 4) is 11.4 Å². The zero-order chi connectivity index (χ0) is 21.9. The van der Waals surface area contributed by atoms with Crippen LogP contribution in [0.2, 0.25) is 0 Å². The lowest BCUT2D eigenvalue weighted by Crippen LogP contribution is -2.54. The number of rotatable bonds is 3. The summed E-state index contributed by atoms with van der Waals surface area (Å²) in [5, 5.41) is 0. The van der Waals surface area contributed by atoms with Gasteiger partial charge in [-0.1, -0.05) is 18.2 Å². The molecule has 160 valence electrons. The highest BCUT2D eigenvalue weighted by Gasteiger charge is 2.35. The molecule has 3 rings (SSSR count). The van der Waals surface area contributed by atoms with Crippen molar-refractivity contribution in [1.29, 1.82) is 0 Å². The largest absolute Gasteiger partial charge is 0.444 e. The highest BCUT2D eigenvalue weighted by molar-refractivity contribution is 6.00. The van der Waals surface area contributed by atoms with E-state index in [1.54, 1.807) is 30.4 Å². The molecule has 0 N–H and O–H groups in total. The van der Waals surface area contributed by atoms with Gasteiger partial charge in [0.15, 0.2) is 5.82 Å². The molecule has 1 aromatic carbocycles. The summed E-state index contributed by atoms with van der Waals surface area (Å²) in [5.74, 6) is 0.446. The summed E-state index contributed by atoms with van der Waals surface area (Å²) in [6, 6.07) is 9.12. The fraction of sp³-hybridized carbons (Fsp3) is 0.478. The molecule has 2 heterocycles. The van der Waals surface area contributed by atoms with Crippen molar-refractivity contribution in [2.45, 2.75) is 58.2 Å². The lowest BCUT2D eigenvalue weighted by molar-refractivity contribution is 0.00863. The minimum Gasteiger partial charge on any atom is -0.444 e. The maximum atomic E-state index is 13.5. The molecule has 0 aliphatic carbocycles. The molecule has 7 nitrogen and oxygen atoms in total. The number of likely N-dealkylation sites (tertiary alicyclic amines) is 1. The van der Waals surface area contributed by atoms with E-state index in [-0.39, 0.29) is 24.1 Å². The zero-order valence-electron chi connectivity index (χ0n) is 18.3. The molecule has 0 bridgehead atoms. The van der Waals surface area contributed by atoms with Crippen LogP contribution in [0.4, 0.5) is 4.79 Å². The molecule has 7 heteroatoms. The molecule has 2 unspecified atom stereocenters. The van der Waals surface area contributed by atoms with Gasteiger partial charge in [-0.05, 0) is 52.7 Å². The molecule has 1 saturated heterocycles. The SMILES string of the molecule is CC1CCC(N(C)C(=O)OC(C)(C)C)CN1C(=O)c1ccccc1-c1ncccn1. The first-order valence-electron chi connectivity index (χ1n) is 10.3. The summed E-state index contributed by atoms with van der Waals surface area (Å²) in [6.07, 6.45) is 4.60. The quantitative estimate of drug-likeness (QED) is 0.764. The van der Waals surface area contributed by atoms with E-state index in [4.69, 9.17) is 4.74 Å². The summed E-state index contributed by atoms with van der Waals surface area (Å²) >= 11 is 0. The normalized spacial score (nSPS) is 19.3. The van der Waals surface area contributed by atoms with E-state index in [9.17, 15) is 9.59 Å². The highest BCUT2D eigenvalue weighted by Crippen LogP contribution is 2.27. The molecule has 0 radical (unpaired) electrons.